The molecule has 0 aromatic heterocycles. The zero-order valence-corrected chi connectivity index (χ0v) is 12.5. The number of nitrogens with one attached hydrogen (secondary N) is 1. The molecule has 1 aliphatic carbocycles. The lowest BCUT2D eigenvalue weighted by Crippen LogP contribution is -2.41. The summed E-state index contributed by atoms with van der Waals surface area (Å²) in [6.07, 6.45) is 5.72. The highest BCUT2D eigenvalue weighted by Crippen LogP contribution is 2.39. The van der Waals surface area contributed by atoms with E-state index in [0.717, 1.165) is 18.5 Å². The van der Waals surface area contributed by atoms with E-state index >= 15 is 0 Å². The standard InChI is InChI=1S/C17H27NO/c1-14-5-7-15(8-6-14)18-17(13-19)10-4-9-16(2,3)11-12-17/h5-8,18-19H,4,9-13H2,1-3H3. The molecule has 2 heteroatoms. The van der Waals surface area contributed by atoms with Crippen molar-refractivity contribution in [1.82, 2.24) is 0 Å². The molecule has 0 saturated heterocycles. The predicted molar refractivity (Wildman–Crippen MR) is 81.5 cm³/mol. The predicted octanol–water partition coefficient (Wildman–Crippen LogP) is 4.13. The van der Waals surface area contributed by atoms with E-state index in [2.05, 4.69) is 50.4 Å². The largest absolute Gasteiger partial charge is 0.394 e. The molecule has 2 rings (SSSR count). The molecule has 2 nitrogen and oxygen atoms in total. The Morgan fingerprint density at radius 2 is 1.74 bits per heavy atom. The van der Waals surface area contributed by atoms with Crippen LogP contribution in [-0.4, -0.2) is 17.3 Å². The van der Waals surface area contributed by atoms with E-state index in [1.165, 1.54) is 24.8 Å². The van der Waals surface area contributed by atoms with Crippen LogP contribution in [-0.2, 0) is 0 Å². The maximum Gasteiger partial charge on any atom is 0.0661 e. The number of hydrogen-bond acceptors (Lipinski definition) is 2. The summed E-state index contributed by atoms with van der Waals surface area (Å²) in [5, 5.41) is 13.5. The van der Waals surface area contributed by atoms with Gasteiger partial charge in [-0.25, -0.2) is 0 Å². The topological polar surface area (TPSA) is 32.3 Å². The second kappa shape index (κ2) is 5.54. The summed E-state index contributed by atoms with van der Waals surface area (Å²) in [5.41, 5.74) is 2.67. The van der Waals surface area contributed by atoms with Gasteiger partial charge in [0.05, 0.1) is 12.1 Å². The lowest BCUT2D eigenvalue weighted by Gasteiger charge is -2.34. The normalized spacial score (nSPS) is 26.7. The average Bonchev–Trinajstić information content (AvgIpc) is 2.52. The number of aliphatic hydroxyl groups excluding tert-OH is 1. The molecule has 0 amide bonds. The van der Waals surface area contributed by atoms with Crippen LogP contribution < -0.4 is 5.32 Å². The van der Waals surface area contributed by atoms with Crippen molar-refractivity contribution in [3.63, 3.8) is 0 Å². The summed E-state index contributed by atoms with van der Waals surface area (Å²) in [6.45, 7) is 7.00. The molecule has 0 aliphatic heterocycles. The number of rotatable bonds is 3. The molecular formula is C17H27NO. The molecule has 1 aromatic rings. The monoisotopic (exact) mass is 261 g/mol. The number of anilines is 1. The molecule has 0 radical (unpaired) electrons. The minimum Gasteiger partial charge on any atom is -0.394 e. The van der Waals surface area contributed by atoms with Crippen LogP contribution in [0.15, 0.2) is 24.3 Å². The van der Waals surface area contributed by atoms with Crippen LogP contribution in [0.25, 0.3) is 0 Å². The third-order valence-corrected chi connectivity index (χ3v) is 4.55. The van der Waals surface area contributed by atoms with Crippen molar-refractivity contribution in [1.29, 1.82) is 0 Å². The smallest absolute Gasteiger partial charge is 0.0661 e. The maximum absolute atomic E-state index is 9.89. The highest BCUT2D eigenvalue weighted by atomic mass is 16.3. The number of aliphatic hydroxyl groups is 1. The first kappa shape index (κ1) is 14.4. The van der Waals surface area contributed by atoms with Crippen LogP contribution >= 0.6 is 0 Å². The Bertz CT molecular complexity index is 410. The molecule has 1 fully saturated rings. The van der Waals surface area contributed by atoms with E-state index in [1.54, 1.807) is 0 Å². The van der Waals surface area contributed by atoms with Gasteiger partial charge in [0, 0.05) is 5.69 Å². The van der Waals surface area contributed by atoms with Gasteiger partial charge in [0.25, 0.3) is 0 Å². The molecule has 0 heterocycles. The van der Waals surface area contributed by atoms with E-state index in [4.69, 9.17) is 0 Å². The van der Waals surface area contributed by atoms with Crippen molar-refractivity contribution in [2.75, 3.05) is 11.9 Å². The molecule has 1 saturated carbocycles. The van der Waals surface area contributed by atoms with Gasteiger partial charge in [-0.2, -0.15) is 0 Å². The van der Waals surface area contributed by atoms with Crippen LogP contribution in [0.5, 0.6) is 0 Å². The van der Waals surface area contributed by atoms with Crippen molar-refractivity contribution in [3.8, 4) is 0 Å². The molecule has 0 spiro atoms. The fourth-order valence-electron chi connectivity index (χ4n) is 3.00. The summed E-state index contributed by atoms with van der Waals surface area (Å²) in [6, 6.07) is 8.47. The molecular weight excluding hydrogens is 234 g/mol. The number of aryl methyl sites for hydroxylation is 1. The fraction of sp³-hybridized carbons (Fsp3) is 0.647. The van der Waals surface area contributed by atoms with Crippen molar-refractivity contribution in [3.05, 3.63) is 29.8 Å². The summed E-state index contributed by atoms with van der Waals surface area (Å²) in [4.78, 5) is 0. The van der Waals surface area contributed by atoms with E-state index < -0.39 is 0 Å². The third kappa shape index (κ3) is 3.73. The summed E-state index contributed by atoms with van der Waals surface area (Å²) >= 11 is 0. The summed E-state index contributed by atoms with van der Waals surface area (Å²) < 4.78 is 0. The Balaban J connectivity index is 2.11. The van der Waals surface area contributed by atoms with Gasteiger partial charge < -0.3 is 10.4 Å². The number of benzene rings is 1. The Morgan fingerprint density at radius 3 is 2.37 bits per heavy atom. The maximum atomic E-state index is 9.89. The SMILES string of the molecule is Cc1ccc(NC2(CO)CCCC(C)(C)CC2)cc1. The van der Waals surface area contributed by atoms with Gasteiger partial charge in [0.2, 0.25) is 0 Å². The second-order valence-electron chi connectivity index (χ2n) is 6.95. The Hall–Kier alpha value is -1.02. The lowest BCUT2D eigenvalue weighted by molar-refractivity contribution is 0.191. The zero-order valence-electron chi connectivity index (χ0n) is 12.5. The van der Waals surface area contributed by atoms with Crippen LogP contribution in [0.4, 0.5) is 5.69 Å². The fourth-order valence-corrected chi connectivity index (χ4v) is 3.00. The first-order valence-electron chi connectivity index (χ1n) is 7.41. The molecule has 1 atom stereocenters. The van der Waals surface area contributed by atoms with Gasteiger partial charge >= 0.3 is 0 Å². The van der Waals surface area contributed by atoms with Gasteiger partial charge in [-0.15, -0.1) is 0 Å². The highest BCUT2D eigenvalue weighted by Gasteiger charge is 2.35. The highest BCUT2D eigenvalue weighted by molar-refractivity contribution is 5.47. The molecule has 106 valence electrons. The van der Waals surface area contributed by atoms with Crippen molar-refractivity contribution in [2.45, 2.75) is 58.4 Å². The molecule has 19 heavy (non-hydrogen) atoms. The van der Waals surface area contributed by atoms with Gasteiger partial charge in [-0.3, -0.25) is 0 Å². The van der Waals surface area contributed by atoms with Crippen molar-refractivity contribution < 1.29 is 5.11 Å². The van der Waals surface area contributed by atoms with Crippen molar-refractivity contribution >= 4 is 5.69 Å². The first-order chi connectivity index (χ1) is 8.95. The van der Waals surface area contributed by atoms with Gasteiger partial charge in [0.15, 0.2) is 0 Å². The summed E-state index contributed by atoms with van der Waals surface area (Å²) in [7, 11) is 0. The first-order valence-corrected chi connectivity index (χ1v) is 7.41. The Kier molecular flexibility index (Phi) is 4.19. The van der Waals surface area contributed by atoms with Crippen LogP contribution in [0, 0.1) is 12.3 Å². The van der Waals surface area contributed by atoms with Crippen LogP contribution in [0.3, 0.4) is 0 Å². The van der Waals surface area contributed by atoms with E-state index in [0.29, 0.717) is 5.41 Å². The second-order valence-corrected chi connectivity index (χ2v) is 6.95. The Morgan fingerprint density at radius 1 is 1.05 bits per heavy atom. The molecule has 1 aliphatic rings. The summed E-state index contributed by atoms with van der Waals surface area (Å²) in [5.74, 6) is 0. The number of hydrogen-bond donors (Lipinski definition) is 2. The molecule has 2 N–H and O–H groups in total. The van der Waals surface area contributed by atoms with E-state index in [1.807, 2.05) is 0 Å². The zero-order chi connectivity index (χ0) is 13.9. The average molecular weight is 261 g/mol. The minimum absolute atomic E-state index is 0.136. The third-order valence-electron chi connectivity index (χ3n) is 4.55. The van der Waals surface area contributed by atoms with E-state index in [-0.39, 0.29) is 12.1 Å². The van der Waals surface area contributed by atoms with Gasteiger partial charge in [0.1, 0.15) is 0 Å². The quantitative estimate of drug-likeness (QED) is 0.802. The minimum atomic E-state index is -0.136. The van der Waals surface area contributed by atoms with E-state index in [9.17, 15) is 5.11 Å². The Labute approximate surface area is 117 Å². The van der Waals surface area contributed by atoms with Crippen LogP contribution in [0.2, 0.25) is 0 Å². The molecule has 0 bridgehead atoms. The van der Waals surface area contributed by atoms with Gasteiger partial charge in [-0.05, 0) is 50.2 Å². The van der Waals surface area contributed by atoms with Crippen LogP contribution in [0.1, 0.15) is 51.5 Å². The molecule has 1 unspecified atom stereocenters. The lowest BCUT2D eigenvalue weighted by atomic mass is 9.83. The van der Waals surface area contributed by atoms with Gasteiger partial charge in [-0.1, -0.05) is 38.0 Å². The molecule has 1 aromatic carbocycles. The van der Waals surface area contributed by atoms with Crippen molar-refractivity contribution in [2.24, 2.45) is 5.41 Å².